The van der Waals surface area contributed by atoms with Gasteiger partial charge in [0.15, 0.2) is 0 Å². The van der Waals surface area contributed by atoms with Crippen LogP contribution in [0.15, 0.2) is 0 Å². The zero-order valence-electron chi connectivity index (χ0n) is 11.0. The summed E-state index contributed by atoms with van der Waals surface area (Å²) in [5.41, 5.74) is 0. The van der Waals surface area contributed by atoms with E-state index in [2.05, 4.69) is 0 Å². The third kappa shape index (κ3) is 4.21. The molecule has 0 aliphatic heterocycles. The van der Waals surface area contributed by atoms with Crippen molar-refractivity contribution in [3.63, 3.8) is 0 Å². The SMILES string of the molecule is CC(C)N(CC1CC1)S(=O)(=O)N(C)CCCO. The van der Waals surface area contributed by atoms with Gasteiger partial charge >= 0.3 is 0 Å². The fourth-order valence-corrected chi connectivity index (χ4v) is 3.36. The Bertz CT molecular complexity index is 326. The molecule has 1 aliphatic rings. The Morgan fingerprint density at radius 3 is 2.35 bits per heavy atom. The minimum Gasteiger partial charge on any atom is -0.396 e. The minimum absolute atomic E-state index is 0.0165. The van der Waals surface area contributed by atoms with Crippen molar-refractivity contribution < 1.29 is 13.5 Å². The van der Waals surface area contributed by atoms with Gasteiger partial charge in [0.05, 0.1) is 0 Å². The van der Waals surface area contributed by atoms with Crippen LogP contribution in [0.2, 0.25) is 0 Å². The summed E-state index contributed by atoms with van der Waals surface area (Å²) < 4.78 is 27.5. The highest BCUT2D eigenvalue weighted by Gasteiger charge is 2.34. The fourth-order valence-electron chi connectivity index (χ4n) is 1.71. The van der Waals surface area contributed by atoms with Crippen LogP contribution in [0.25, 0.3) is 0 Å². The quantitative estimate of drug-likeness (QED) is 0.701. The lowest BCUT2D eigenvalue weighted by molar-refractivity contribution is 0.265. The summed E-state index contributed by atoms with van der Waals surface area (Å²) in [5, 5.41) is 8.75. The molecule has 17 heavy (non-hydrogen) atoms. The summed E-state index contributed by atoms with van der Waals surface area (Å²) in [6, 6.07) is -0.0165. The van der Waals surface area contributed by atoms with Gasteiger partial charge in [-0.25, -0.2) is 0 Å². The molecule has 1 N–H and O–H groups in total. The molecule has 1 saturated carbocycles. The van der Waals surface area contributed by atoms with E-state index in [1.54, 1.807) is 11.4 Å². The summed E-state index contributed by atoms with van der Waals surface area (Å²) in [6.45, 7) is 4.82. The van der Waals surface area contributed by atoms with Crippen molar-refractivity contribution in [2.24, 2.45) is 5.92 Å². The van der Waals surface area contributed by atoms with Crippen LogP contribution in [0.3, 0.4) is 0 Å². The summed E-state index contributed by atoms with van der Waals surface area (Å²) in [7, 11) is -1.80. The summed E-state index contributed by atoms with van der Waals surface area (Å²) in [5.74, 6) is 0.540. The molecule has 0 aromatic heterocycles. The van der Waals surface area contributed by atoms with Gasteiger partial charge in [-0.15, -0.1) is 0 Å². The van der Waals surface area contributed by atoms with E-state index in [4.69, 9.17) is 5.11 Å². The van der Waals surface area contributed by atoms with Crippen molar-refractivity contribution in [3.8, 4) is 0 Å². The Balaban J connectivity index is 2.68. The van der Waals surface area contributed by atoms with E-state index in [1.165, 1.54) is 4.31 Å². The molecule has 0 amide bonds. The smallest absolute Gasteiger partial charge is 0.281 e. The van der Waals surface area contributed by atoms with E-state index < -0.39 is 10.2 Å². The van der Waals surface area contributed by atoms with Gasteiger partial charge in [0.1, 0.15) is 0 Å². The Morgan fingerprint density at radius 1 is 1.35 bits per heavy atom. The Kier molecular flexibility index (Phi) is 5.37. The van der Waals surface area contributed by atoms with Crippen molar-refractivity contribution in [3.05, 3.63) is 0 Å². The molecule has 6 heteroatoms. The maximum atomic E-state index is 12.3. The van der Waals surface area contributed by atoms with Crippen LogP contribution >= 0.6 is 0 Å². The third-order valence-electron chi connectivity index (χ3n) is 3.03. The van der Waals surface area contributed by atoms with E-state index in [9.17, 15) is 8.42 Å². The van der Waals surface area contributed by atoms with Gasteiger partial charge in [0.25, 0.3) is 10.2 Å². The van der Waals surface area contributed by atoms with Crippen molar-refractivity contribution in [2.45, 2.75) is 39.2 Å². The highest BCUT2D eigenvalue weighted by molar-refractivity contribution is 7.86. The third-order valence-corrected chi connectivity index (χ3v) is 5.17. The van der Waals surface area contributed by atoms with Gasteiger partial charge in [-0.2, -0.15) is 17.0 Å². The van der Waals surface area contributed by atoms with Gasteiger partial charge in [-0.05, 0) is 39.0 Å². The largest absolute Gasteiger partial charge is 0.396 e. The summed E-state index contributed by atoms with van der Waals surface area (Å²) in [4.78, 5) is 0. The molecule has 5 nitrogen and oxygen atoms in total. The second-order valence-electron chi connectivity index (χ2n) is 5.01. The first kappa shape index (κ1) is 14.9. The Hall–Kier alpha value is -0.170. The van der Waals surface area contributed by atoms with Crippen LogP contribution < -0.4 is 0 Å². The second kappa shape index (κ2) is 6.13. The standard InChI is InChI=1S/C11H24N2O3S/c1-10(2)13(9-11-5-6-11)17(15,16)12(3)7-4-8-14/h10-11,14H,4-9H2,1-3H3. The van der Waals surface area contributed by atoms with E-state index in [-0.39, 0.29) is 12.6 Å². The molecule has 0 saturated heterocycles. The number of nitrogens with zero attached hydrogens (tertiary/aromatic N) is 2. The minimum atomic E-state index is -3.37. The average Bonchev–Trinajstić information content (AvgIpc) is 3.05. The number of aliphatic hydroxyl groups is 1. The first-order valence-corrected chi connectivity index (χ1v) is 7.63. The maximum absolute atomic E-state index is 12.3. The van der Waals surface area contributed by atoms with Crippen LogP contribution in [0, 0.1) is 5.92 Å². The zero-order valence-corrected chi connectivity index (χ0v) is 11.8. The molecule has 0 heterocycles. The van der Waals surface area contributed by atoms with Crippen molar-refractivity contribution >= 4 is 10.2 Å². The van der Waals surface area contributed by atoms with Gasteiger partial charge in [0, 0.05) is 32.8 Å². The Morgan fingerprint density at radius 2 is 1.94 bits per heavy atom. The first-order chi connectivity index (χ1) is 7.89. The molecule has 102 valence electrons. The number of hydrogen-bond donors (Lipinski definition) is 1. The lowest BCUT2D eigenvalue weighted by atomic mass is 10.3. The predicted octanol–water partition coefficient (Wildman–Crippen LogP) is 0.666. The average molecular weight is 264 g/mol. The summed E-state index contributed by atoms with van der Waals surface area (Å²) in [6.07, 6.45) is 2.75. The lowest BCUT2D eigenvalue weighted by Gasteiger charge is -2.30. The second-order valence-corrected chi connectivity index (χ2v) is 7.00. The number of hydrogen-bond acceptors (Lipinski definition) is 3. The van der Waals surface area contributed by atoms with Crippen molar-refractivity contribution in [2.75, 3.05) is 26.7 Å². The molecule has 0 aromatic carbocycles. The lowest BCUT2D eigenvalue weighted by Crippen LogP contribution is -2.46. The molecule has 0 aromatic rings. The Labute approximate surface area is 105 Å². The van der Waals surface area contributed by atoms with Gasteiger partial charge < -0.3 is 5.11 Å². The van der Waals surface area contributed by atoms with Crippen LogP contribution in [0.5, 0.6) is 0 Å². The number of aliphatic hydroxyl groups excluding tert-OH is 1. The van der Waals surface area contributed by atoms with E-state index in [0.717, 1.165) is 12.8 Å². The van der Waals surface area contributed by atoms with Crippen molar-refractivity contribution in [1.82, 2.24) is 8.61 Å². The van der Waals surface area contributed by atoms with Crippen LogP contribution in [0.4, 0.5) is 0 Å². The van der Waals surface area contributed by atoms with E-state index in [0.29, 0.717) is 25.4 Å². The number of rotatable bonds is 8. The van der Waals surface area contributed by atoms with E-state index in [1.807, 2.05) is 13.8 Å². The maximum Gasteiger partial charge on any atom is 0.281 e. The van der Waals surface area contributed by atoms with E-state index >= 15 is 0 Å². The normalized spacial score (nSPS) is 17.4. The topological polar surface area (TPSA) is 60.9 Å². The zero-order chi connectivity index (χ0) is 13.1. The van der Waals surface area contributed by atoms with Gasteiger partial charge in [-0.1, -0.05) is 0 Å². The highest BCUT2D eigenvalue weighted by Crippen LogP contribution is 2.31. The first-order valence-electron chi connectivity index (χ1n) is 6.23. The monoisotopic (exact) mass is 264 g/mol. The molecule has 1 rings (SSSR count). The highest BCUT2D eigenvalue weighted by atomic mass is 32.2. The predicted molar refractivity (Wildman–Crippen MR) is 67.8 cm³/mol. The van der Waals surface area contributed by atoms with Crippen LogP contribution in [0.1, 0.15) is 33.1 Å². The van der Waals surface area contributed by atoms with Crippen LogP contribution in [-0.4, -0.2) is 54.9 Å². The molecular formula is C11H24N2O3S. The molecule has 0 bridgehead atoms. The molecule has 0 atom stereocenters. The van der Waals surface area contributed by atoms with Gasteiger partial charge in [0.2, 0.25) is 0 Å². The molecule has 1 aliphatic carbocycles. The fraction of sp³-hybridized carbons (Fsp3) is 1.00. The summed E-state index contributed by atoms with van der Waals surface area (Å²) >= 11 is 0. The van der Waals surface area contributed by atoms with Gasteiger partial charge in [-0.3, -0.25) is 0 Å². The molecule has 1 fully saturated rings. The molecule has 0 spiro atoms. The molecule has 0 radical (unpaired) electrons. The van der Waals surface area contributed by atoms with Crippen molar-refractivity contribution in [1.29, 1.82) is 0 Å². The van der Waals surface area contributed by atoms with Crippen LogP contribution in [-0.2, 0) is 10.2 Å². The molecule has 0 unspecified atom stereocenters. The molecular weight excluding hydrogens is 240 g/mol.